The molecule has 2 aromatic carbocycles. The van der Waals surface area contributed by atoms with Crippen LogP contribution in [0.15, 0.2) is 41.2 Å². The van der Waals surface area contributed by atoms with Gasteiger partial charge in [-0.25, -0.2) is 4.79 Å². The number of aromatic amines is 1. The molecule has 3 aromatic rings. The zero-order valence-electron chi connectivity index (χ0n) is 25.7. The molecule has 0 aliphatic carbocycles. The van der Waals surface area contributed by atoms with Gasteiger partial charge in [-0.3, -0.25) is 9.78 Å². The van der Waals surface area contributed by atoms with E-state index < -0.39 is 58.7 Å². The SMILES string of the molecule is NCCOCCOCCOCCOCCOC1c2c(O)cc(O)cc2OC(c2cc(O)c(O)c(O)c2)C1OC(=O)c1cc(O)[nH]c(=O)c1. The lowest BCUT2D eigenvalue weighted by atomic mass is 9.90. The number of phenols is 5. The van der Waals surface area contributed by atoms with Crippen molar-refractivity contribution in [3.63, 3.8) is 0 Å². The fraction of sp³-hybridized carbons (Fsp3) is 0.419. The number of benzene rings is 2. The number of pyridine rings is 1. The van der Waals surface area contributed by atoms with Gasteiger partial charge in [0.15, 0.2) is 35.3 Å². The lowest BCUT2D eigenvalue weighted by Crippen LogP contribution is -2.40. The van der Waals surface area contributed by atoms with E-state index >= 15 is 0 Å². The molecule has 0 saturated heterocycles. The van der Waals surface area contributed by atoms with E-state index in [9.17, 15) is 40.2 Å². The van der Waals surface area contributed by atoms with Gasteiger partial charge in [-0.1, -0.05) is 0 Å². The van der Waals surface area contributed by atoms with Crippen molar-refractivity contribution in [3.05, 3.63) is 63.4 Å². The molecule has 0 spiro atoms. The third-order valence-corrected chi connectivity index (χ3v) is 6.87. The first-order valence-corrected chi connectivity index (χ1v) is 14.8. The van der Waals surface area contributed by atoms with E-state index in [-0.39, 0.29) is 54.6 Å². The van der Waals surface area contributed by atoms with E-state index in [0.29, 0.717) is 39.6 Å². The molecule has 0 amide bonds. The molecule has 48 heavy (non-hydrogen) atoms. The molecule has 17 heteroatoms. The van der Waals surface area contributed by atoms with Crippen LogP contribution in [0.3, 0.4) is 0 Å². The second kappa shape index (κ2) is 17.4. The molecule has 0 radical (unpaired) electrons. The first kappa shape index (κ1) is 36.1. The van der Waals surface area contributed by atoms with Crippen LogP contribution in [0.2, 0.25) is 0 Å². The minimum atomic E-state index is -1.49. The third-order valence-electron chi connectivity index (χ3n) is 6.87. The van der Waals surface area contributed by atoms with Crippen molar-refractivity contribution in [1.82, 2.24) is 4.98 Å². The lowest BCUT2D eigenvalue weighted by Gasteiger charge is -2.39. The molecule has 262 valence electrons. The number of nitrogens with two attached hydrogens (primary N) is 1. The molecule has 0 saturated carbocycles. The third kappa shape index (κ3) is 9.63. The largest absolute Gasteiger partial charge is 0.508 e. The molecule has 0 bridgehead atoms. The summed E-state index contributed by atoms with van der Waals surface area (Å²) in [5.74, 6) is -4.89. The summed E-state index contributed by atoms with van der Waals surface area (Å²) in [7, 11) is 0. The van der Waals surface area contributed by atoms with E-state index in [4.69, 9.17) is 38.9 Å². The number of H-pyrrole nitrogens is 1. The van der Waals surface area contributed by atoms with Gasteiger partial charge in [0.25, 0.3) is 5.56 Å². The van der Waals surface area contributed by atoms with Gasteiger partial charge in [-0.2, -0.15) is 0 Å². The Hall–Kier alpha value is -4.78. The van der Waals surface area contributed by atoms with Gasteiger partial charge in [0, 0.05) is 36.4 Å². The van der Waals surface area contributed by atoms with E-state index in [2.05, 4.69) is 4.98 Å². The van der Waals surface area contributed by atoms with Crippen LogP contribution in [0.1, 0.15) is 33.7 Å². The Balaban J connectivity index is 1.49. The summed E-state index contributed by atoms with van der Waals surface area (Å²) in [6.07, 6.45) is -4.19. The zero-order valence-corrected chi connectivity index (χ0v) is 25.7. The molecule has 9 N–H and O–H groups in total. The average Bonchev–Trinajstić information content (AvgIpc) is 3.03. The Morgan fingerprint density at radius 1 is 0.750 bits per heavy atom. The Morgan fingerprint density at radius 2 is 1.33 bits per heavy atom. The summed E-state index contributed by atoms with van der Waals surface area (Å²) in [5, 5.41) is 61.2. The second-order valence-corrected chi connectivity index (χ2v) is 10.3. The van der Waals surface area contributed by atoms with Gasteiger partial charge in [-0.15, -0.1) is 0 Å². The fourth-order valence-electron chi connectivity index (χ4n) is 4.77. The minimum Gasteiger partial charge on any atom is -0.508 e. The molecule has 4 rings (SSSR count). The van der Waals surface area contributed by atoms with Crippen molar-refractivity contribution in [2.24, 2.45) is 5.73 Å². The molecular weight excluding hydrogens is 640 g/mol. The highest BCUT2D eigenvalue weighted by Gasteiger charge is 2.45. The smallest absolute Gasteiger partial charge is 0.339 e. The number of nitrogens with one attached hydrogen (secondary N) is 1. The van der Waals surface area contributed by atoms with Gasteiger partial charge in [0.05, 0.1) is 70.6 Å². The normalized spacial score (nSPS) is 17.1. The number of aromatic nitrogens is 1. The summed E-state index contributed by atoms with van der Waals surface area (Å²) in [6, 6.07) is 6.14. The predicted molar refractivity (Wildman–Crippen MR) is 164 cm³/mol. The summed E-state index contributed by atoms with van der Waals surface area (Å²) in [6.45, 7) is 2.83. The standard InChI is InChI=1S/C31H38N2O15/c32-1-2-42-3-4-43-5-6-44-7-8-45-9-10-46-29-26-20(35)15-19(34)16-23(26)47-28(17-11-21(36)27(40)22(37)12-17)30(29)48-31(41)18-13-24(38)33-25(39)14-18/h11-16,28-30,34-37,40H,1-10,32H2,(H2,33,38,39). The van der Waals surface area contributed by atoms with Gasteiger partial charge in [-0.05, 0) is 12.1 Å². The maximum absolute atomic E-state index is 13.3. The molecule has 1 aliphatic heterocycles. The molecule has 1 aliphatic rings. The Kier molecular flexibility index (Phi) is 13.1. The van der Waals surface area contributed by atoms with Gasteiger partial charge in [0.2, 0.25) is 0 Å². The van der Waals surface area contributed by atoms with Crippen molar-refractivity contribution >= 4 is 5.97 Å². The Labute approximate surface area is 273 Å². The first-order chi connectivity index (χ1) is 23.1. The van der Waals surface area contributed by atoms with E-state index in [1.54, 1.807) is 0 Å². The summed E-state index contributed by atoms with van der Waals surface area (Å²) in [5.41, 5.74) is 4.20. The first-order valence-electron chi connectivity index (χ1n) is 14.8. The number of carbonyl (C=O) groups excluding carboxylic acids is 1. The molecule has 3 atom stereocenters. The maximum atomic E-state index is 13.3. The van der Waals surface area contributed by atoms with E-state index in [1.807, 2.05) is 0 Å². The van der Waals surface area contributed by atoms with Gasteiger partial charge >= 0.3 is 5.97 Å². The summed E-state index contributed by atoms with van der Waals surface area (Å²) in [4.78, 5) is 27.3. The van der Waals surface area contributed by atoms with Gasteiger partial charge < -0.3 is 69.5 Å². The molecular formula is C31H38N2O15. The van der Waals surface area contributed by atoms with Crippen LogP contribution >= 0.6 is 0 Å². The predicted octanol–water partition coefficient (Wildman–Crippen LogP) is 1.05. The summed E-state index contributed by atoms with van der Waals surface area (Å²) < 4.78 is 39.4. The molecule has 2 heterocycles. The molecule has 3 unspecified atom stereocenters. The number of hydrogen-bond donors (Lipinski definition) is 8. The van der Waals surface area contributed by atoms with Crippen molar-refractivity contribution in [3.8, 4) is 40.4 Å². The highest BCUT2D eigenvalue weighted by Crippen LogP contribution is 2.51. The van der Waals surface area contributed by atoms with Crippen LogP contribution in [0.4, 0.5) is 0 Å². The second-order valence-electron chi connectivity index (χ2n) is 10.3. The highest BCUT2D eigenvalue weighted by molar-refractivity contribution is 5.89. The Bertz CT molecular complexity index is 1560. The van der Waals surface area contributed by atoms with Crippen molar-refractivity contribution in [2.75, 3.05) is 66.0 Å². The van der Waals surface area contributed by atoms with Crippen LogP contribution in [0.5, 0.6) is 40.4 Å². The van der Waals surface area contributed by atoms with E-state index in [1.165, 1.54) is 6.07 Å². The molecule has 1 aromatic heterocycles. The quantitative estimate of drug-likeness (QED) is 0.0531. The number of hydrogen-bond acceptors (Lipinski definition) is 16. The van der Waals surface area contributed by atoms with Gasteiger partial charge in [0.1, 0.15) is 23.4 Å². The topological polar surface area (TPSA) is 262 Å². The molecule has 17 nitrogen and oxygen atoms in total. The molecule has 0 fully saturated rings. The lowest BCUT2D eigenvalue weighted by molar-refractivity contribution is -0.118. The van der Waals surface area contributed by atoms with Crippen LogP contribution < -0.4 is 16.0 Å². The number of carbonyl (C=O) groups is 1. The fourth-order valence-corrected chi connectivity index (χ4v) is 4.77. The van der Waals surface area contributed by atoms with Crippen LogP contribution in [-0.4, -0.2) is 114 Å². The number of phenolic OH excluding ortho intramolecular Hbond substituents is 5. The van der Waals surface area contributed by atoms with Crippen molar-refractivity contribution in [2.45, 2.75) is 18.3 Å². The number of rotatable bonds is 18. The number of esters is 1. The minimum absolute atomic E-state index is 0.00287. The monoisotopic (exact) mass is 678 g/mol. The zero-order chi connectivity index (χ0) is 34.6. The van der Waals surface area contributed by atoms with Crippen molar-refractivity contribution in [1.29, 1.82) is 0 Å². The number of aromatic hydroxyl groups is 6. The highest BCUT2D eigenvalue weighted by atomic mass is 16.6. The number of ether oxygens (including phenoxy) is 7. The number of fused-ring (bicyclic) bond motifs is 1. The summed E-state index contributed by atoms with van der Waals surface area (Å²) >= 11 is 0. The average molecular weight is 679 g/mol. The van der Waals surface area contributed by atoms with Crippen LogP contribution in [0.25, 0.3) is 0 Å². The Morgan fingerprint density at radius 3 is 1.92 bits per heavy atom. The van der Waals surface area contributed by atoms with E-state index in [0.717, 1.165) is 30.3 Å². The van der Waals surface area contributed by atoms with Crippen molar-refractivity contribution < 1.29 is 68.6 Å². The van der Waals surface area contributed by atoms with Crippen LogP contribution in [0, 0.1) is 0 Å². The maximum Gasteiger partial charge on any atom is 0.339 e. The van der Waals surface area contributed by atoms with Crippen LogP contribution in [-0.2, 0) is 28.4 Å².